The Hall–Kier alpha value is -0.530. The first-order chi connectivity index (χ1) is 11.5. The van der Waals surface area contributed by atoms with Crippen molar-refractivity contribution in [2.24, 2.45) is 16.3 Å². The lowest BCUT2D eigenvalue weighted by Gasteiger charge is -2.33. The summed E-state index contributed by atoms with van der Waals surface area (Å²) in [6.07, 6.45) is 10.6. The van der Waals surface area contributed by atoms with Gasteiger partial charge < -0.3 is 15.5 Å². The summed E-state index contributed by atoms with van der Waals surface area (Å²) in [6, 6.07) is 0.517. The van der Waals surface area contributed by atoms with E-state index >= 15 is 0 Å². The van der Waals surface area contributed by atoms with Crippen molar-refractivity contribution in [2.45, 2.75) is 70.8 Å². The number of halogens is 1. The van der Waals surface area contributed by atoms with E-state index in [1.165, 1.54) is 32.1 Å². The summed E-state index contributed by atoms with van der Waals surface area (Å²) in [7, 11) is 5.55. The van der Waals surface area contributed by atoms with Crippen molar-refractivity contribution in [1.82, 2.24) is 15.5 Å². The number of aliphatic imine (C=N–C) groups is 1. The fourth-order valence-electron chi connectivity index (χ4n) is 4.35. The first-order valence-electron chi connectivity index (χ1n) is 9.69. The molecule has 0 bridgehead atoms. The second kappa shape index (κ2) is 10.6. The highest BCUT2D eigenvalue weighted by Crippen LogP contribution is 2.38. The Morgan fingerprint density at radius 2 is 1.76 bits per heavy atom. The van der Waals surface area contributed by atoms with Crippen molar-refractivity contribution in [1.29, 1.82) is 0 Å². The molecule has 0 aromatic rings. The van der Waals surface area contributed by atoms with Crippen LogP contribution in [0, 0.1) is 11.3 Å². The van der Waals surface area contributed by atoms with Crippen LogP contribution in [0.4, 0.5) is 0 Å². The van der Waals surface area contributed by atoms with Crippen LogP contribution in [-0.4, -0.2) is 50.5 Å². The van der Waals surface area contributed by atoms with Gasteiger partial charge in [-0.05, 0) is 44.4 Å². The molecule has 25 heavy (non-hydrogen) atoms. The molecule has 0 aliphatic heterocycles. The molecule has 2 N–H and O–H groups in total. The number of hydrogen-bond donors (Lipinski definition) is 2. The van der Waals surface area contributed by atoms with Crippen molar-refractivity contribution < 1.29 is 4.79 Å². The average Bonchev–Trinajstić information content (AvgIpc) is 3.08. The van der Waals surface area contributed by atoms with Gasteiger partial charge in [-0.2, -0.15) is 0 Å². The van der Waals surface area contributed by atoms with Gasteiger partial charge >= 0.3 is 0 Å². The summed E-state index contributed by atoms with van der Waals surface area (Å²) < 4.78 is 0. The summed E-state index contributed by atoms with van der Waals surface area (Å²) >= 11 is 0. The van der Waals surface area contributed by atoms with E-state index in [-0.39, 0.29) is 35.3 Å². The smallest absolute Gasteiger partial charge is 0.230 e. The highest BCUT2D eigenvalue weighted by Gasteiger charge is 2.42. The zero-order valence-corrected chi connectivity index (χ0v) is 18.8. The summed E-state index contributed by atoms with van der Waals surface area (Å²) in [6.45, 7) is 2.98. The van der Waals surface area contributed by atoms with Crippen LogP contribution in [0.3, 0.4) is 0 Å². The standard InChI is InChI=1S/C19H36N4O.HI/c1-5-15-8-10-16(11-9-15)22-18(20-2)21-14-19(12-6-7-13-19)17(24)23(3)4;/h15-16H,5-14H2,1-4H3,(H2,20,21,22);1H. The van der Waals surface area contributed by atoms with Gasteiger partial charge in [0.2, 0.25) is 5.91 Å². The van der Waals surface area contributed by atoms with E-state index in [0.717, 1.165) is 37.6 Å². The maximum Gasteiger partial charge on any atom is 0.230 e. The van der Waals surface area contributed by atoms with E-state index in [0.29, 0.717) is 12.6 Å². The van der Waals surface area contributed by atoms with Gasteiger partial charge in [0.25, 0.3) is 0 Å². The maximum absolute atomic E-state index is 12.7. The quantitative estimate of drug-likeness (QED) is 0.373. The predicted octanol–water partition coefficient (Wildman–Crippen LogP) is 3.39. The van der Waals surface area contributed by atoms with Crippen LogP contribution in [0.5, 0.6) is 0 Å². The molecule has 2 saturated carbocycles. The van der Waals surface area contributed by atoms with Gasteiger partial charge in [0.1, 0.15) is 0 Å². The molecule has 0 saturated heterocycles. The van der Waals surface area contributed by atoms with E-state index in [1.54, 1.807) is 4.90 Å². The van der Waals surface area contributed by atoms with Gasteiger partial charge in [0.05, 0.1) is 5.41 Å². The molecule has 0 heterocycles. The average molecular weight is 464 g/mol. The molecule has 0 unspecified atom stereocenters. The van der Waals surface area contributed by atoms with Crippen LogP contribution in [0.2, 0.25) is 0 Å². The molecule has 6 heteroatoms. The van der Waals surface area contributed by atoms with E-state index in [1.807, 2.05) is 21.1 Å². The first-order valence-corrected chi connectivity index (χ1v) is 9.69. The monoisotopic (exact) mass is 464 g/mol. The minimum absolute atomic E-state index is 0. The van der Waals surface area contributed by atoms with E-state index < -0.39 is 0 Å². The Bertz CT molecular complexity index is 439. The molecular weight excluding hydrogens is 427 g/mol. The van der Waals surface area contributed by atoms with Crippen LogP contribution in [0.15, 0.2) is 4.99 Å². The van der Waals surface area contributed by atoms with E-state index in [9.17, 15) is 4.79 Å². The summed E-state index contributed by atoms with van der Waals surface area (Å²) in [5.74, 6) is 2.01. The van der Waals surface area contributed by atoms with Gasteiger partial charge in [-0.3, -0.25) is 9.79 Å². The summed E-state index contributed by atoms with van der Waals surface area (Å²) in [5.41, 5.74) is -0.249. The van der Waals surface area contributed by atoms with Gasteiger partial charge in [0.15, 0.2) is 5.96 Å². The zero-order chi connectivity index (χ0) is 17.6. The summed E-state index contributed by atoms with van der Waals surface area (Å²) in [4.78, 5) is 18.8. The molecule has 2 aliphatic rings. The molecule has 2 rings (SSSR count). The van der Waals surface area contributed by atoms with Crippen LogP contribution >= 0.6 is 24.0 Å². The number of amides is 1. The second-order valence-corrected chi connectivity index (χ2v) is 7.88. The van der Waals surface area contributed by atoms with Crippen molar-refractivity contribution in [2.75, 3.05) is 27.7 Å². The fraction of sp³-hybridized carbons (Fsp3) is 0.895. The molecule has 1 amide bonds. The number of carbonyl (C=O) groups is 1. The first kappa shape index (κ1) is 22.5. The molecule has 5 nitrogen and oxygen atoms in total. The van der Waals surface area contributed by atoms with Crippen molar-refractivity contribution in [3.63, 3.8) is 0 Å². The predicted molar refractivity (Wildman–Crippen MR) is 116 cm³/mol. The van der Waals surface area contributed by atoms with Gasteiger partial charge in [0, 0.05) is 33.7 Å². The number of nitrogens with zero attached hydrogens (tertiary/aromatic N) is 2. The Morgan fingerprint density at radius 1 is 1.16 bits per heavy atom. The third-order valence-corrected chi connectivity index (χ3v) is 6.00. The normalized spacial score (nSPS) is 25.8. The number of hydrogen-bond acceptors (Lipinski definition) is 2. The van der Waals surface area contributed by atoms with E-state index in [2.05, 4.69) is 22.5 Å². The fourth-order valence-corrected chi connectivity index (χ4v) is 4.35. The van der Waals surface area contributed by atoms with Gasteiger partial charge in [-0.1, -0.05) is 26.2 Å². The Morgan fingerprint density at radius 3 is 2.24 bits per heavy atom. The number of guanidine groups is 1. The minimum Gasteiger partial charge on any atom is -0.355 e. The molecule has 0 atom stereocenters. The second-order valence-electron chi connectivity index (χ2n) is 7.88. The Labute approximate surface area is 170 Å². The van der Waals surface area contributed by atoms with E-state index in [4.69, 9.17) is 0 Å². The lowest BCUT2D eigenvalue weighted by molar-refractivity contribution is -0.138. The molecule has 0 aromatic heterocycles. The largest absolute Gasteiger partial charge is 0.355 e. The third kappa shape index (κ3) is 6.00. The highest BCUT2D eigenvalue weighted by molar-refractivity contribution is 14.0. The number of nitrogens with one attached hydrogen (secondary N) is 2. The molecule has 0 spiro atoms. The Balaban J connectivity index is 0.00000312. The van der Waals surface area contributed by atoms with Crippen molar-refractivity contribution in [3.05, 3.63) is 0 Å². The molecular formula is C19H37IN4O. The maximum atomic E-state index is 12.7. The third-order valence-electron chi connectivity index (χ3n) is 6.00. The van der Waals surface area contributed by atoms with Crippen LogP contribution in [0.1, 0.15) is 64.7 Å². The Kier molecular flexibility index (Phi) is 9.52. The lowest BCUT2D eigenvalue weighted by Crippen LogP contribution is -2.51. The van der Waals surface area contributed by atoms with Crippen LogP contribution in [0.25, 0.3) is 0 Å². The molecule has 2 fully saturated rings. The molecule has 0 radical (unpaired) electrons. The summed E-state index contributed by atoms with van der Waals surface area (Å²) in [5, 5.41) is 7.03. The van der Waals surface area contributed by atoms with Gasteiger partial charge in [-0.15, -0.1) is 24.0 Å². The molecule has 146 valence electrons. The van der Waals surface area contributed by atoms with Crippen LogP contribution < -0.4 is 10.6 Å². The van der Waals surface area contributed by atoms with Crippen molar-refractivity contribution in [3.8, 4) is 0 Å². The lowest BCUT2D eigenvalue weighted by atomic mass is 9.84. The number of rotatable bonds is 5. The van der Waals surface area contributed by atoms with Gasteiger partial charge in [-0.25, -0.2) is 0 Å². The molecule has 2 aliphatic carbocycles. The minimum atomic E-state index is -0.249. The SMILES string of the molecule is CCC1CCC(NC(=NC)NCC2(C(=O)N(C)C)CCCC2)CC1.I. The highest BCUT2D eigenvalue weighted by atomic mass is 127. The number of carbonyl (C=O) groups excluding carboxylic acids is 1. The zero-order valence-electron chi connectivity index (χ0n) is 16.4. The van der Waals surface area contributed by atoms with Crippen LogP contribution in [-0.2, 0) is 4.79 Å². The topological polar surface area (TPSA) is 56.7 Å². The molecule has 0 aromatic carbocycles. The van der Waals surface area contributed by atoms with Crippen molar-refractivity contribution >= 4 is 35.8 Å².